The number of hydrogen-bond donors (Lipinski definition) is 0. The zero-order chi connectivity index (χ0) is 10.7. The maximum atomic E-state index is 5.84. The summed E-state index contributed by atoms with van der Waals surface area (Å²) in [5.74, 6) is 0. The van der Waals surface area contributed by atoms with E-state index >= 15 is 0 Å². The zero-order valence-corrected chi connectivity index (χ0v) is 11.0. The van der Waals surface area contributed by atoms with Gasteiger partial charge < -0.3 is 0 Å². The second-order valence-electron chi connectivity index (χ2n) is 3.39. The lowest BCUT2D eigenvalue weighted by atomic mass is 10.1. The van der Waals surface area contributed by atoms with Crippen LogP contribution in [-0.2, 0) is 6.42 Å². The summed E-state index contributed by atoms with van der Waals surface area (Å²) in [6, 6.07) is 16.5. The highest BCUT2D eigenvalue weighted by molar-refractivity contribution is 14.1. The molecule has 0 radical (unpaired) electrons. The van der Waals surface area contributed by atoms with Gasteiger partial charge in [-0.05, 0) is 58.3 Å². The third-order valence-electron chi connectivity index (χ3n) is 2.27. The lowest BCUT2D eigenvalue weighted by molar-refractivity contribution is 1.18. The number of hydrogen-bond acceptors (Lipinski definition) is 0. The third kappa shape index (κ3) is 2.95. The molecule has 0 aliphatic rings. The van der Waals surface area contributed by atoms with Crippen molar-refractivity contribution < 1.29 is 0 Å². The van der Waals surface area contributed by atoms with Crippen molar-refractivity contribution in [3.8, 4) is 0 Å². The highest BCUT2D eigenvalue weighted by Gasteiger charge is 1.99. The predicted octanol–water partition coefficient (Wildman–Crippen LogP) is 4.54. The van der Waals surface area contributed by atoms with Crippen molar-refractivity contribution in [3.63, 3.8) is 0 Å². The topological polar surface area (TPSA) is 0 Å². The van der Waals surface area contributed by atoms with Gasteiger partial charge in [0.2, 0.25) is 0 Å². The average Bonchev–Trinajstić information content (AvgIpc) is 2.25. The molecule has 0 heterocycles. The molecule has 0 saturated carbocycles. The number of benzene rings is 2. The lowest BCUT2D eigenvalue weighted by Crippen LogP contribution is -1.90. The first-order valence-corrected chi connectivity index (χ1v) is 6.19. The van der Waals surface area contributed by atoms with Gasteiger partial charge >= 0.3 is 0 Å². The van der Waals surface area contributed by atoms with Crippen molar-refractivity contribution in [2.75, 3.05) is 0 Å². The largest absolute Gasteiger partial charge is 0.0843 e. The van der Waals surface area contributed by atoms with E-state index < -0.39 is 0 Å². The van der Waals surface area contributed by atoms with Crippen molar-refractivity contribution in [1.29, 1.82) is 0 Å². The fourth-order valence-corrected chi connectivity index (χ4v) is 2.17. The van der Waals surface area contributed by atoms with E-state index in [1.54, 1.807) is 0 Å². The minimum Gasteiger partial charge on any atom is -0.0843 e. The molecule has 2 aromatic rings. The normalized spacial score (nSPS) is 10.3. The van der Waals surface area contributed by atoms with Crippen molar-refractivity contribution in [1.82, 2.24) is 0 Å². The minimum absolute atomic E-state index is 0.793. The summed E-state index contributed by atoms with van der Waals surface area (Å²) in [4.78, 5) is 0. The lowest BCUT2D eigenvalue weighted by Gasteiger charge is -2.04. The van der Waals surface area contributed by atoms with Crippen molar-refractivity contribution in [3.05, 3.63) is 68.3 Å². The van der Waals surface area contributed by atoms with E-state index in [0.29, 0.717) is 0 Å². The van der Waals surface area contributed by atoms with Crippen LogP contribution in [0, 0.1) is 3.57 Å². The highest BCUT2D eigenvalue weighted by atomic mass is 127. The Balaban J connectivity index is 2.22. The highest BCUT2D eigenvalue weighted by Crippen LogP contribution is 2.17. The molecule has 2 rings (SSSR count). The first-order chi connectivity index (χ1) is 7.25. The van der Waals surface area contributed by atoms with Crippen molar-refractivity contribution in [2.45, 2.75) is 6.42 Å². The van der Waals surface area contributed by atoms with Gasteiger partial charge in [-0.1, -0.05) is 41.9 Å². The first kappa shape index (κ1) is 11.0. The quantitative estimate of drug-likeness (QED) is 0.710. The van der Waals surface area contributed by atoms with Gasteiger partial charge in [0.1, 0.15) is 0 Å². The fraction of sp³-hybridized carbons (Fsp3) is 0.0769. The summed E-state index contributed by atoms with van der Waals surface area (Å²) in [6.07, 6.45) is 0.969. The summed E-state index contributed by atoms with van der Waals surface area (Å²) in [5.41, 5.74) is 2.66. The molecule has 0 aromatic heterocycles. The maximum absolute atomic E-state index is 5.84. The Labute approximate surface area is 108 Å². The molecule has 15 heavy (non-hydrogen) atoms. The Hall–Kier alpha value is -0.540. The van der Waals surface area contributed by atoms with Crippen LogP contribution in [0.25, 0.3) is 0 Å². The van der Waals surface area contributed by atoms with Gasteiger partial charge in [0.25, 0.3) is 0 Å². The van der Waals surface area contributed by atoms with Crippen LogP contribution >= 0.6 is 34.2 Å². The van der Waals surface area contributed by atoms with E-state index in [2.05, 4.69) is 59.0 Å². The smallest absolute Gasteiger partial charge is 0.0406 e. The molecular formula is C13H10ClI. The summed E-state index contributed by atoms with van der Waals surface area (Å²) >= 11 is 8.21. The summed E-state index contributed by atoms with van der Waals surface area (Å²) in [5, 5.41) is 0.793. The van der Waals surface area contributed by atoms with Crippen LogP contribution in [-0.4, -0.2) is 0 Å². The van der Waals surface area contributed by atoms with Crippen molar-refractivity contribution >= 4 is 34.2 Å². The Kier molecular flexibility index (Phi) is 3.65. The van der Waals surface area contributed by atoms with Gasteiger partial charge in [-0.25, -0.2) is 0 Å². The molecule has 0 amide bonds. The molecule has 76 valence electrons. The van der Waals surface area contributed by atoms with E-state index in [0.717, 1.165) is 11.4 Å². The second kappa shape index (κ2) is 4.99. The Morgan fingerprint density at radius 1 is 0.933 bits per heavy atom. The monoisotopic (exact) mass is 328 g/mol. The molecule has 0 nitrogen and oxygen atoms in total. The fourth-order valence-electron chi connectivity index (χ4n) is 1.46. The van der Waals surface area contributed by atoms with Gasteiger partial charge in [-0.2, -0.15) is 0 Å². The van der Waals surface area contributed by atoms with E-state index in [4.69, 9.17) is 11.6 Å². The van der Waals surface area contributed by atoms with Crippen LogP contribution in [0.1, 0.15) is 11.1 Å². The van der Waals surface area contributed by atoms with Gasteiger partial charge in [0, 0.05) is 8.59 Å². The molecule has 0 saturated heterocycles. The summed E-state index contributed by atoms with van der Waals surface area (Å²) in [6.45, 7) is 0. The van der Waals surface area contributed by atoms with E-state index in [9.17, 15) is 0 Å². The third-order valence-corrected chi connectivity index (χ3v) is 3.57. The zero-order valence-electron chi connectivity index (χ0n) is 8.08. The van der Waals surface area contributed by atoms with Crippen LogP contribution in [0.4, 0.5) is 0 Å². The predicted molar refractivity (Wildman–Crippen MR) is 73.4 cm³/mol. The Bertz CT molecular complexity index is 448. The molecular weight excluding hydrogens is 318 g/mol. The maximum Gasteiger partial charge on any atom is 0.0406 e. The molecule has 2 aromatic carbocycles. The molecule has 2 heteroatoms. The van der Waals surface area contributed by atoms with Gasteiger partial charge in [-0.15, -0.1) is 0 Å². The van der Waals surface area contributed by atoms with E-state index in [1.165, 1.54) is 14.7 Å². The molecule has 0 atom stereocenters. The van der Waals surface area contributed by atoms with Gasteiger partial charge in [0.05, 0.1) is 0 Å². The van der Waals surface area contributed by atoms with Crippen molar-refractivity contribution in [2.24, 2.45) is 0 Å². The molecule has 0 bridgehead atoms. The Morgan fingerprint density at radius 3 is 2.27 bits per heavy atom. The van der Waals surface area contributed by atoms with Crippen LogP contribution in [0.15, 0.2) is 48.5 Å². The van der Waals surface area contributed by atoms with Crippen LogP contribution in [0.3, 0.4) is 0 Å². The number of rotatable bonds is 2. The molecule has 0 aliphatic heterocycles. The Morgan fingerprint density at radius 2 is 1.60 bits per heavy atom. The molecule has 0 N–H and O–H groups in total. The number of halogens is 2. The van der Waals surface area contributed by atoms with E-state index in [1.807, 2.05) is 12.1 Å². The van der Waals surface area contributed by atoms with Crippen LogP contribution in [0.5, 0.6) is 0 Å². The SMILES string of the molecule is Clc1ccc(Cc2ccccc2I)cc1. The molecule has 0 fully saturated rings. The van der Waals surface area contributed by atoms with E-state index in [-0.39, 0.29) is 0 Å². The second-order valence-corrected chi connectivity index (χ2v) is 4.99. The van der Waals surface area contributed by atoms with Gasteiger partial charge in [0.15, 0.2) is 0 Å². The van der Waals surface area contributed by atoms with Crippen LogP contribution in [0.2, 0.25) is 5.02 Å². The van der Waals surface area contributed by atoms with Gasteiger partial charge in [-0.3, -0.25) is 0 Å². The summed E-state index contributed by atoms with van der Waals surface area (Å²) < 4.78 is 1.31. The standard InChI is InChI=1S/C13H10ClI/c14-12-7-5-10(6-8-12)9-11-3-1-2-4-13(11)15/h1-8H,9H2. The first-order valence-electron chi connectivity index (χ1n) is 4.73. The molecule has 0 unspecified atom stereocenters. The average molecular weight is 329 g/mol. The molecule has 0 aliphatic carbocycles. The summed E-state index contributed by atoms with van der Waals surface area (Å²) in [7, 11) is 0. The minimum atomic E-state index is 0.793. The molecule has 0 spiro atoms. The van der Waals surface area contributed by atoms with Crippen LogP contribution < -0.4 is 0 Å².